The van der Waals surface area contributed by atoms with E-state index in [0.29, 0.717) is 4.88 Å². The molecule has 0 saturated carbocycles. The maximum Gasteiger partial charge on any atom is 0.263 e. The molecule has 1 aromatic heterocycles. The van der Waals surface area contributed by atoms with Gasteiger partial charge < -0.3 is 5.32 Å². The number of nitrogens with one attached hydrogen (secondary N) is 1. The molecule has 0 aliphatic heterocycles. The lowest BCUT2D eigenvalue weighted by molar-refractivity contribution is 0.0943. The van der Waals surface area contributed by atoms with Gasteiger partial charge in [0.25, 0.3) is 5.91 Å². The number of hydrogen-bond acceptors (Lipinski definition) is 3. The monoisotopic (exact) mass is 316 g/mol. The molecular weight excluding hydrogens is 292 g/mol. The summed E-state index contributed by atoms with van der Waals surface area (Å²) < 4.78 is 0. The Hall–Kier alpha value is -1.68. The van der Waals surface area contributed by atoms with Crippen LogP contribution in [0.25, 0.3) is 0 Å². The van der Waals surface area contributed by atoms with E-state index < -0.39 is 0 Å². The molecule has 0 fully saturated rings. The number of amides is 1. The third-order valence-electron chi connectivity index (χ3n) is 3.57. The minimum absolute atomic E-state index is 0.0207. The summed E-state index contributed by atoms with van der Waals surface area (Å²) in [6, 6.07) is 8.22. The van der Waals surface area contributed by atoms with Crippen molar-refractivity contribution in [3.63, 3.8) is 0 Å². The average Bonchev–Trinajstić information content (AvgIpc) is 2.81. The van der Waals surface area contributed by atoms with Crippen molar-refractivity contribution >= 4 is 17.2 Å². The quantitative estimate of drug-likeness (QED) is 0.902. The number of aromatic nitrogens is 1. The Labute approximate surface area is 136 Å². The molecular formula is C18H24N2OS. The van der Waals surface area contributed by atoms with Gasteiger partial charge in [0.2, 0.25) is 0 Å². The van der Waals surface area contributed by atoms with Crippen LogP contribution in [0.3, 0.4) is 0 Å². The van der Waals surface area contributed by atoms with Gasteiger partial charge in [0.1, 0.15) is 4.88 Å². The normalized spacial score (nSPS) is 13.0. The highest BCUT2D eigenvalue weighted by atomic mass is 32.1. The largest absolute Gasteiger partial charge is 0.345 e. The van der Waals surface area contributed by atoms with Crippen LogP contribution >= 0.6 is 11.3 Å². The summed E-state index contributed by atoms with van der Waals surface area (Å²) in [5, 5.41) is 4.07. The second-order valence-electron chi connectivity index (χ2n) is 6.79. The summed E-state index contributed by atoms with van der Waals surface area (Å²) in [4.78, 5) is 17.8. The molecule has 0 spiro atoms. The summed E-state index contributed by atoms with van der Waals surface area (Å²) in [5.74, 6) is -0.0430. The van der Waals surface area contributed by atoms with Gasteiger partial charge in [0, 0.05) is 5.41 Å². The lowest BCUT2D eigenvalue weighted by Gasteiger charge is -2.14. The Morgan fingerprint density at radius 1 is 1.18 bits per heavy atom. The summed E-state index contributed by atoms with van der Waals surface area (Å²) in [7, 11) is 0. The third kappa shape index (κ3) is 3.74. The number of carbonyl (C=O) groups is 1. The molecule has 22 heavy (non-hydrogen) atoms. The fraction of sp³-hybridized carbons (Fsp3) is 0.444. The van der Waals surface area contributed by atoms with Crippen LogP contribution in [-0.4, -0.2) is 10.9 Å². The highest BCUT2D eigenvalue weighted by molar-refractivity contribution is 7.14. The first-order chi connectivity index (χ1) is 10.2. The maximum atomic E-state index is 12.5. The molecule has 1 heterocycles. The van der Waals surface area contributed by atoms with E-state index in [2.05, 4.69) is 62.3 Å². The van der Waals surface area contributed by atoms with Crippen molar-refractivity contribution in [2.24, 2.45) is 0 Å². The van der Waals surface area contributed by atoms with E-state index in [1.807, 2.05) is 13.8 Å². The van der Waals surface area contributed by atoms with E-state index in [1.165, 1.54) is 16.9 Å². The smallest absolute Gasteiger partial charge is 0.263 e. The van der Waals surface area contributed by atoms with Crippen molar-refractivity contribution in [2.45, 2.75) is 53.0 Å². The fourth-order valence-electron chi connectivity index (χ4n) is 2.13. The van der Waals surface area contributed by atoms with Gasteiger partial charge in [-0.15, -0.1) is 11.3 Å². The molecule has 0 aliphatic rings. The Morgan fingerprint density at radius 3 is 2.27 bits per heavy atom. The molecule has 0 aliphatic carbocycles. The molecule has 2 rings (SSSR count). The predicted octanol–water partition coefficient (Wildman–Crippen LogP) is 4.55. The molecule has 1 amide bonds. The number of carbonyl (C=O) groups excluding carboxylic acids is 1. The second-order valence-corrected chi connectivity index (χ2v) is 7.79. The maximum absolute atomic E-state index is 12.5. The molecule has 4 heteroatoms. The summed E-state index contributed by atoms with van der Waals surface area (Å²) in [6.07, 6.45) is 0. The Kier molecular flexibility index (Phi) is 4.71. The lowest BCUT2D eigenvalue weighted by atomic mass is 9.98. The van der Waals surface area contributed by atoms with E-state index in [9.17, 15) is 4.79 Å². The number of thiazole rings is 1. The van der Waals surface area contributed by atoms with Gasteiger partial charge in [0.15, 0.2) is 0 Å². The highest BCUT2D eigenvalue weighted by Crippen LogP contribution is 2.29. The van der Waals surface area contributed by atoms with Crippen LogP contribution in [0.2, 0.25) is 0 Å². The van der Waals surface area contributed by atoms with Crippen LogP contribution in [0.15, 0.2) is 24.3 Å². The second kappa shape index (κ2) is 6.21. The van der Waals surface area contributed by atoms with E-state index in [-0.39, 0.29) is 17.4 Å². The molecule has 2 aromatic rings. The molecule has 3 nitrogen and oxygen atoms in total. The van der Waals surface area contributed by atoms with Crippen LogP contribution < -0.4 is 5.32 Å². The zero-order chi connectivity index (χ0) is 16.5. The number of rotatable bonds is 3. The number of benzene rings is 1. The summed E-state index contributed by atoms with van der Waals surface area (Å²) in [6.45, 7) is 12.3. The van der Waals surface area contributed by atoms with Crippen LogP contribution in [0.1, 0.15) is 65.2 Å². The molecule has 0 bridgehead atoms. The van der Waals surface area contributed by atoms with Crippen molar-refractivity contribution < 1.29 is 4.79 Å². The lowest BCUT2D eigenvalue weighted by Crippen LogP contribution is -2.26. The van der Waals surface area contributed by atoms with Gasteiger partial charge in [-0.1, -0.05) is 50.6 Å². The van der Waals surface area contributed by atoms with E-state index >= 15 is 0 Å². The van der Waals surface area contributed by atoms with Crippen molar-refractivity contribution in [3.8, 4) is 0 Å². The van der Waals surface area contributed by atoms with Crippen LogP contribution in [0.4, 0.5) is 0 Å². The zero-order valence-corrected chi connectivity index (χ0v) is 15.0. The first kappa shape index (κ1) is 16.7. The molecule has 1 aromatic carbocycles. The van der Waals surface area contributed by atoms with E-state index in [4.69, 9.17) is 0 Å². The molecule has 0 saturated heterocycles. The minimum atomic E-state index is -0.0430. The van der Waals surface area contributed by atoms with Crippen molar-refractivity contribution in [3.05, 3.63) is 51.0 Å². The molecule has 0 radical (unpaired) electrons. The molecule has 118 valence electrons. The summed E-state index contributed by atoms with van der Waals surface area (Å²) in [5.41, 5.74) is 3.10. The number of aryl methyl sites for hydroxylation is 2. The first-order valence-electron chi connectivity index (χ1n) is 7.54. The van der Waals surface area contributed by atoms with Gasteiger partial charge >= 0.3 is 0 Å². The van der Waals surface area contributed by atoms with Gasteiger partial charge in [-0.3, -0.25) is 4.79 Å². The Balaban J connectivity index is 2.15. The summed E-state index contributed by atoms with van der Waals surface area (Å²) >= 11 is 1.49. The van der Waals surface area contributed by atoms with Crippen molar-refractivity contribution in [1.29, 1.82) is 0 Å². The molecule has 1 unspecified atom stereocenters. The van der Waals surface area contributed by atoms with E-state index in [0.717, 1.165) is 16.3 Å². The van der Waals surface area contributed by atoms with Gasteiger partial charge in [0.05, 0.1) is 16.7 Å². The van der Waals surface area contributed by atoms with Gasteiger partial charge in [-0.2, -0.15) is 0 Å². The standard InChI is InChI=1S/C18H24N2OS/c1-11-7-9-14(10-8-11)12(2)19-16(21)15-13(3)20-17(22-15)18(4,5)6/h7-10,12H,1-6H3,(H,19,21). The van der Waals surface area contributed by atoms with Crippen LogP contribution in [0.5, 0.6) is 0 Å². The van der Waals surface area contributed by atoms with Gasteiger partial charge in [-0.05, 0) is 26.3 Å². The van der Waals surface area contributed by atoms with Crippen molar-refractivity contribution in [2.75, 3.05) is 0 Å². The highest BCUT2D eigenvalue weighted by Gasteiger charge is 2.23. The average molecular weight is 316 g/mol. The number of hydrogen-bond donors (Lipinski definition) is 1. The fourth-order valence-corrected chi connectivity index (χ4v) is 3.16. The Bertz CT molecular complexity index is 665. The zero-order valence-electron chi connectivity index (χ0n) is 14.2. The minimum Gasteiger partial charge on any atom is -0.345 e. The van der Waals surface area contributed by atoms with Gasteiger partial charge in [-0.25, -0.2) is 4.98 Å². The Morgan fingerprint density at radius 2 is 1.77 bits per heavy atom. The topological polar surface area (TPSA) is 42.0 Å². The SMILES string of the molecule is Cc1ccc(C(C)NC(=O)c2sc(C(C)(C)C)nc2C)cc1. The predicted molar refractivity (Wildman–Crippen MR) is 92.6 cm³/mol. The van der Waals surface area contributed by atoms with Crippen LogP contribution in [0, 0.1) is 13.8 Å². The van der Waals surface area contributed by atoms with Crippen molar-refractivity contribution in [1.82, 2.24) is 10.3 Å². The van der Waals surface area contributed by atoms with E-state index in [1.54, 1.807) is 0 Å². The van der Waals surface area contributed by atoms with Crippen LogP contribution in [-0.2, 0) is 5.41 Å². The third-order valence-corrected chi connectivity index (χ3v) is 5.15. The number of nitrogens with zero attached hydrogens (tertiary/aromatic N) is 1. The molecule has 1 atom stereocenters. The first-order valence-corrected chi connectivity index (χ1v) is 8.35. The molecule has 1 N–H and O–H groups in total.